The molecular formula is C13H19BrClFN2O2. The number of hydrogen-bond acceptors (Lipinski definition) is 3. The highest BCUT2D eigenvalue weighted by molar-refractivity contribution is 9.10. The van der Waals surface area contributed by atoms with Crippen molar-refractivity contribution < 1.29 is 13.9 Å². The quantitative estimate of drug-likeness (QED) is 0.868. The Labute approximate surface area is 133 Å². The van der Waals surface area contributed by atoms with Gasteiger partial charge in [0.05, 0.1) is 4.47 Å². The number of rotatable bonds is 5. The van der Waals surface area contributed by atoms with Crippen molar-refractivity contribution in [3.05, 3.63) is 28.5 Å². The van der Waals surface area contributed by atoms with Crippen molar-refractivity contribution in [3.63, 3.8) is 0 Å². The SMILES string of the molecule is CC(Oc1ccc(F)cc1Br)C(=O)N(C)C(C)CN.Cl. The monoisotopic (exact) mass is 368 g/mol. The average molecular weight is 370 g/mol. The van der Waals surface area contributed by atoms with Crippen molar-refractivity contribution in [3.8, 4) is 5.75 Å². The normalized spacial score (nSPS) is 13.1. The summed E-state index contributed by atoms with van der Waals surface area (Å²) in [6, 6.07) is 3.99. The number of nitrogens with zero attached hydrogens (tertiary/aromatic N) is 1. The molecule has 0 aliphatic heterocycles. The molecule has 1 amide bonds. The standard InChI is InChI=1S/C13H18BrFN2O2.ClH/c1-8(7-16)17(3)13(18)9(2)19-12-5-4-10(15)6-11(12)14;/h4-6,8-9H,7,16H2,1-3H3;1H. The molecule has 0 aliphatic rings. The zero-order valence-corrected chi connectivity index (χ0v) is 14.0. The van der Waals surface area contributed by atoms with E-state index in [9.17, 15) is 9.18 Å². The van der Waals surface area contributed by atoms with Gasteiger partial charge in [0.25, 0.3) is 5.91 Å². The van der Waals surface area contributed by atoms with Crippen LogP contribution in [0.4, 0.5) is 4.39 Å². The molecule has 4 nitrogen and oxygen atoms in total. The Hall–Kier alpha value is -0.850. The molecular weight excluding hydrogens is 351 g/mol. The van der Waals surface area contributed by atoms with Crippen LogP contribution in [0.3, 0.4) is 0 Å². The second-order valence-electron chi connectivity index (χ2n) is 4.37. The molecule has 2 N–H and O–H groups in total. The van der Waals surface area contributed by atoms with Gasteiger partial charge in [0.1, 0.15) is 11.6 Å². The van der Waals surface area contributed by atoms with Gasteiger partial charge in [-0.3, -0.25) is 4.79 Å². The predicted molar refractivity (Wildman–Crippen MR) is 82.7 cm³/mol. The summed E-state index contributed by atoms with van der Waals surface area (Å²) >= 11 is 3.19. The molecule has 0 fully saturated rings. The highest BCUT2D eigenvalue weighted by atomic mass is 79.9. The first-order valence-corrected chi connectivity index (χ1v) is 6.74. The maximum Gasteiger partial charge on any atom is 0.263 e. The lowest BCUT2D eigenvalue weighted by Gasteiger charge is -2.27. The lowest BCUT2D eigenvalue weighted by Crippen LogP contribution is -2.45. The Morgan fingerprint density at radius 2 is 2.10 bits per heavy atom. The van der Waals surface area contributed by atoms with Gasteiger partial charge in [-0.15, -0.1) is 12.4 Å². The number of carbonyl (C=O) groups is 1. The van der Waals surface area contributed by atoms with Gasteiger partial charge in [-0.05, 0) is 48.0 Å². The van der Waals surface area contributed by atoms with E-state index in [1.807, 2.05) is 6.92 Å². The number of hydrogen-bond donors (Lipinski definition) is 1. The van der Waals surface area contributed by atoms with Crippen LogP contribution in [0, 0.1) is 5.82 Å². The third-order valence-corrected chi connectivity index (χ3v) is 3.52. The zero-order chi connectivity index (χ0) is 14.6. The maximum atomic E-state index is 12.9. The van der Waals surface area contributed by atoms with Crippen molar-refractivity contribution in [2.75, 3.05) is 13.6 Å². The Kier molecular flexibility index (Phi) is 8.08. The van der Waals surface area contributed by atoms with Crippen LogP contribution in [-0.4, -0.2) is 36.5 Å². The van der Waals surface area contributed by atoms with Crippen molar-refractivity contribution in [1.29, 1.82) is 0 Å². The van der Waals surface area contributed by atoms with Crippen molar-refractivity contribution in [2.24, 2.45) is 5.73 Å². The molecule has 0 spiro atoms. The second kappa shape index (κ2) is 8.44. The molecule has 0 aromatic heterocycles. The maximum absolute atomic E-state index is 12.9. The molecule has 0 bridgehead atoms. The van der Waals surface area contributed by atoms with Crippen LogP contribution >= 0.6 is 28.3 Å². The van der Waals surface area contributed by atoms with Gasteiger partial charge in [-0.2, -0.15) is 0 Å². The van der Waals surface area contributed by atoms with Crippen LogP contribution in [0.1, 0.15) is 13.8 Å². The molecule has 20 heavy (non-hydrogen) atoms. The molecule has 0 heterocycles. The highest BCUT2D eigenvalue weighted by Crippen LogP contribution is 2.26. The lowest BCUT2D eigenvalue weighted by atomic mass is 10.2. The Morgan fingerprint density at radius 3 is 2.60 bits per heavy atom. The first-order chi connectivity index (χ1) is 8.86. The fourth-order valence-electron chi connectivity index (χ4n) is 1.47. The first-order valence-electron chi connectivity index (χ1n) is 5.95. The van der Waals surface area contributed by atoms with E-state index in [1.54, 1.807) is 18.9 Å². The van der Waals surface area contributed by atoms with Gasteiger partial charge in [0.2, 0.25) is 0 Å². The van der Waals surface area contributed by atoms with E-state index in [4.69, 9.17) is 10.5 Å². The number of likely N-dealkylation sites (N-methyl/N-ethyl adjacent to an activating group) is 1. The summed E-state index contributed by atoms with van der Waals surface area (Å²) in [5.74, 6) is -0.114. The number of benzene rings is 1. The largest absolute Gasteiger partial charge is 0.480 e. The summed E-state index contributed by atoms with van der Waals surface area (Å²) in [4.78, 5) is 13.6. The van der Waals surface area contributed by atoms with Gasteiger partial charge < -0.3 is 15.4 Å². The number of carbonyl (C=O) groups excluding carboxylic acids is 1. The van der Waals surface area contributed by atoms with Crippen LogP contribution in [0.15, 0.2) is 22.7 Å². The summed E-state index contributed by atoms with van der Waals surface area (Å²) in [6.07, 6.45) is -0.666. The molecule has 0 aliphatic carbocycles. The second-order valence-corrected chi connectivity index (χ2v) is 5.22. The van der Waals surface area contributed by atoms with E-state index in [0.29, 0.717) is 16.8 Å². The summed E-state index contributed by atoms with van der Waals surface area (Å²) in [5, 5.41) is 0. The molecule has 114 valence electrons. The third kappa shape index (κ3) is 4.92. The molecule has 0 saturated heterocycles. The Balaban J connectivity index is 0.00000361. The minimum Gasteiger partial charge on any atom is -0.480 e. The summed E-state index contributed by atoms with van der Waals surface area (Å²) in [6.45, 7) is 3.89. The number of ether oxygens (including phenoxy) is 1. The third-order valence-electron chi connectivity index (χ3n) is 2.90. The molecule has 1 aromatic rings. The van der Waals surface area contributed by atoms with E-state index in [2.05, 4.69) is 15.9 Å². The van der Waals surface area contributed by atoms with Crippen LogP contribution in [0.2, 0.25) is 0 Å². The lowest BCUT2D eigenvalue weighted by molar-refractivity contribution is -0.138. The molecule has 1 rings (SSSR count). The van der Waals surface area contributed by atoms with E-state index < -0.39 is 6.10 Å². The van der Waals surface area contributed by atoms with Crippen LogP contribution in [0.25, 0.3) is 0 Å². The van der Waals surface area contributed by atoms with E-state index in [0.717, 1.165) is 0 Å². The number of halogens is 3. The van der Waals surface area contributed by atoms with Gasteiger partial charge >= 0.3 is 0 Å². The summed E-state index contributed by atoms with van der Waals surface area (Å²) < 4.78 is 19.0. The first kappa shape index (κ1) is 19.1. The topological polar surface area (TPSA) is 55.6 Å². The van der Waals surface area contributed by atoms with E-state index in [-0.39, 0.29) is 30.2 Å². The van der Waals surface area contributed by atoms with Gasteiger partial charge in [-0.1, -0.05) is 0 Å². The molecule has 1 aromatic carbocycles. The molecule has 7 heteroatoms. The molecule has 2 atom stereocenters. The zero-order valence-electron chi connectivity index (χ0n) is 11.6. The predicted octanol–water partition coefficient (Wildman–Crippen LogP) is 2.58. The van der Waals surface area contributed by atoms with Crippen molar-refractivity contribution in [1.82, 2.24) is 4.90 Å². The highest BCUT2D eigenvalue weighted by Gasteiger charge is 2.22. The smallest absolute Gasteiger partial charge is 0.263 e. The van der Waals surface area contributed by atoms with Crippen molar-refractivity contribution in [2.45, 2.75) is 26.0 Å². The number of nitrogens with two attached hydrogens (primary N) is 1. The van der Waals surface area contributed by atoms with Gasteiger partial charge in [0.15, 0.2) is 6.10 Å². The van der Waals surface area contributed by atoms with Crippen LogP contribution in [0.5, 0.6) is 5.75 Å². The minimum absolute atomic E-state index is 0. The van der Waals surface area contributed by atoms with Crippen LogP contribution in [-0.2, 0) is 4.79 Å². The summed E-state index contributed by atoms with van der Waals surface area (Å²) in [7, 11) is 1.68. The number of amides is 1. The Bertz CT molecular complexity index is 462. The molecule has 2 unspecified atom stereocenters. The van der Waals surface area contributed by atoms with Crippen molar-refractivity contribution >= 4 is 34.2 Å². The fourth-order valence-corrected chi connectivity index (χ4v) is 1.92. The molecule has 0 radical (unpaired) electrons. The summed E-state index contributed by atoms with van der Waals surface area (Å²) in [5.41, 5.74) is 5.52. The minimum atomic E-state index is -0.666. The van der Waals surface area contributed by atoms with Gasteiger partial charge in [-0.25, -0.2) is 4.39 Å². The Morgan fingerprint density at radius 1 is 1.50 bits per heavy atom. The van der Waals surface area contributed by atoms with E-state index >= 15 is 0 Å². The average Bonchev–Trinajstić information content (AvgIpc) is 2.39. The van der Waals surface area contributed by atoms with Crippen LogP contribution < -0.4 is 10.5 Å². The van der Waals surface area contributed by atoms with E-state index in [1.165, 1.54) is 18.2 Å². The fraction of sp³-hybridized carbons (Fsp3) is 0.462. The molecule has 0 saturated carbocycles. The van der Waals surface area contributed by atoms with Gasteiger partial charge in [0, 0.05) is 19.6 Å².